The van der Waals surface area contributed by atoms with Gasteiger partial charge in [0.15, 0.2) is 0 Å². The number of nitro benzene ring substituents is 1. The van der Waals surface area contributed by atoms with Gasteiger partial charge in [0.2, 0.25) is 11.8 Å². The second-order valence-electron chi connectivity index (χ2n) is 9.85. The Balaban J connectivity index is 2.06. The molecule has 11 heteroatoms. The molecule has 3 aromatic carbocycles. The fourth-order valence-electron chi connectivity index (χ4n) is 4.24. The Morgan fingerprint density at radius 3 is 2.07 bits per heavy atom. The smallest absolute Gasteiger partial charge is 0.269 e. The van der Waals surface area contributed by atoms with E-state index in [0.717, 1.165) is 15.4 Å². The highest BCUT2D eigenvalue weighted by Gasteiger charge is 2.34. The molecule has 3 rings (SSSR count). The van der Waals surface area contributed by atoms with Crippen LogP contribution in [-0.4, -0.2) is 48.7 Å². The Labute approximate surface area is 241 Å². The summed E-state index contributed by atoms with van der Waals surface area (Å²) in [7, 11) is -4.25. The van der Waals surface area contributed by atoms with Gasteiger partial charge in [-0.3, -0.25) is 24.0 Å². The molecule has 0 saturated carbocycles. The highest BCUT2D eigenvalue weighted by Crippen LogP contribution is 2.26. The number of benzene rings is 3. The van der Waals surface area contributed by atoms with Crippen molar-refractivity contribution in [2.45, 2.75) is 64.1 Å². The van der Waals surface area contributed by atoms with Gasteiger partial charge in [0.05, 0.1) is 15.5 Å². The summed E-state index contributed by atoms with van der Waals surface area (Å²) in [5.74, 6) is -0.912. The summed E-state index contributed by atoms with van der Waals surface area (Å²) in [5, 5.41) is 14.1. The number of anilines is 1. The first-order valence-corrected chi connectivity index (χ1v) is 14.9. The molecule has 10 nitrogen and oxygen atoms in total. The van der Waals surface area contributed by atoms with Gasteiger partial charge < -0.3 is 10.2 Å². The fraction of sp³-hybridized carbons (Fsp3) is 0.333. The lowest BCUT2D eigenvalue weighted by Crippen LogP contribution is -2.53. The van der Waals surface area contributed by atoms with Crippen molar-refractivity contribution in [3.63, 3.8) is 0 Å². The fourth-order valence-corrected chi connectivity index (χ4v) is 5.68. The molecule has 2 atom stereocenters. The van der Waals surface area contributed by atoms with Crippen molar-refractivity contribution in [1.82, 2.24) is 10.2 Å². The van der Waals surface area contributed by atoms with E-state index in [9.17, 15) is 28.1 Å². The molecule has 0 aromatic heterocycles. The zero-order chi connectivity index (χ0) is 30.2. The van der Waals surface area contributed by atoms with Gasteiger partial charge in [-0.25, -0.2) is 8.42 Å². The topological polar surface area (TPSA) is 130 Å². The highest BCUT2D eigenvalue weighted by molar-refractivity contribution is 7.92. The number of nitrogens with zero attached hydrogens (tertiary/aromatic N) is 3. The number of non-ortho nitro benzene ring substituents is 1. The summed E-state index contributed by atoms with van der Waals surface area (Å²) in [6.07, 6.45) is 1.01. The second-order valence-corrected chi connectivity index (χ2v) is 11.7. The van der Waals surface area contributed by atoms with Crippen LogP contribution in [0.25, 0.3) is 0 Å². The van der Waals surface area contributed by atoms with Crippen LogP contribution in [0, 0.1) is 17.0 Å². The molecular formula is C30H36N4O6S. The minimum Gasteiger partial charge on any atom is -0.352 e. The van der Waals surface area contributed by atoms with Gasteiger partial charge in [0.1, 0.15) is 12.6 Å². The number of carbonyl (C=O) groups is 2. The van der Waals surface area contributed by atoms with Crippen LogP contribution in [-0.2, 0) is 26.2 Å². The van der Waals surface area contributed by atoms with Gasteiger partial charge in [0.25, 0.3) is 15.7 Å². The molecule has 218 valence electrons. The van der Waals surface area contributed by atoms with Gasteiger partial charge >= 0.3 is 0 Å². The molecule has 2 unspecified atom stereocenters. The molecule has 0 aliphatic heterocycles. The average molecular weight is 581 g/mol. The Bertz CT molecular complexity index is 1440. The highest BCUT2D eigenvalue weighted by atomic mass is 32.2. The molecule has 0 aliphatic carbocycles. The van der Waals surface area contributed by atoms with E-state index < -0.39 is 33.4 Å². The summed E-state index contributed by atoms with van der Waals surface area (Å²) in [6, 6.07) is 19.2. The van der Waals surface area contributed by atoms with Crippen molar-refractivity contribution in [2.24, 2.45) is 0 Å². The number of hydrogen-bond donors (Lipinski definition) is 1. The molecule has 2 amide bonds. The quantitative estimate of drug-likeness (QED) is 0.228. The minimum absolute atomic E-state index is 0.0437. The predicted molar refractivity (Wildman–Crippen MR) is 158 cm³/mol. The maximum Gasteiger partial charge on any atom is 0.269 e. The Morgan fingerprint density at radius 2 is 1.54 bits per heavy atom. The third kappa shape index (κ3) is 7.91. The van der Waals surface area contributed by atoms with Gasteiger partial charge in [0, 0.05) is 24.7 Å². The van der Waals surface area contributed by atoms with E-state index >= 15 is 0 Å². The van der Waals surface area contributed by atoms with E-state index in [0.29, 0.717) is 12.8 Å². The zero-order valence-electron chi connectivity index (χ0n) is 23.7. The molecular weight excluding hydrogens is 544 g/mol. The van der Waals surface area contributed by atoms with Gasteiger partial charge in [-0.2, -0.15) is 0 Å². The van der Waals surface area contributed by atoms with E-state index in [1.807, 2.05) is 45.0 Å². The molecule has 0 fully saturated rings. The number of nitro groups is 1. The van der Waals surface area contributed by atoms with Crippen LogP contribution in [0.2, 0.25) is 0 Å². The number of amides is 2. The molecule has 0 aliphatic rings. The van der Waals surface area contributed by atoms with Crippen LogP contribution in [0.3, 0.4) is 0 Å². The van der Waals surface area contributed by atoms with E-state index in [1.165, 1.54) is 41.3 Å². The lowest BCUT2D eigenvalue weighted by Gasteiger charge is -2.33. The average Bonchev–Trinajstić information content (AvgIpc) is 2.97. The first kappa shape index (κ1) is 31.3. The van der Waals surface area contributed by atoms with Crippen molar-refractivity contribution in [3.05, 3.63) is 100 Å². The zero-order valence-corrected chi connectivity index (χ0v) is 24.5. The van der Waals surface area contributed by atoms with E-state index in [2.05, 4.69) is 5.32 Å². The SMILES string of the molecule is CCC(C)NC(=O)C(CC)N(Cc1ccc(C)cc1)C(=O)CN(c1ccc([N+](=O)[O-])cc1)S(=O)(=O)c1ccccc1. The lowest BCUT2D eigenvalue weighted by molar-refractivity contribution is -0.384. The molecule has 0 heterocycles. The van der Waals surface area contributed by atoms with Crippen LogP contribution in [0.4, 0.5) is 11.4 Å². The number of rotatable bonds is 13. The Kier molecular flexibility index (Phi) is 10.6. The van der Waals surface area contributed by atoms with Gasteiger partial charge in [-0.15, -0.1) is 0 Å². The second kappa shape index (κ2) is 13.9. The summed E-state index contributed by atoms with van der Waals surface area (Å²) < 4.78 is 28.5. The lowest BCUT2D eigenvalue weighted by atomic mass is 10.1. The third-order valence-corrected chi connectivity index (χ3v) is 8.61. The van der Waals surface area contributed by atoms with Crippen molar-refractivity contribution >= 4 is 33.2 Å². The van der Waals surface area contributed by atoms with E-state index in [-0.39, 0.29) is 34.8 Å². The van der Waals surface area contributed by atoms with Crippen molar-refractivity contribution in [1.29, 1.82) is 0 Å². The van der Waals surface area contributed by atoms with Crippen LogP contribution >= 0.6 is 0 Å². The molecule has 1 N–H and O–H groups in total. The molecule has 0 spiro atoms. The predicted octanol–water partition coefficient (Wildman–Crippen LogP) is 4.82. The number of aryl methyl sites for hydroxylation is 1. The molecule has 0 bridgehead atoms. The molecule has 0 saturated heterocycles. The summed E-state index contributed by atoms with van der Waals surface area (Å²) in [5.41, 5.74) is 1.68. The monoisotopic (exact) mass is 580 g/mol. The maximum atomic E-state index is 14.0. The van der Waals surface area contributed by atoms with Gasteiger partial charge in [-0.1, -0.05) is 61.9 Å². The minimum atomic E-state index is -4.25. The van der Waals surface area contributed by atoms with Crippen LogP contribution in [0.1, 0.15) is 44.7 Å². The van der Waals surface area contributed by atoms with E-state index in [4.69, 9.17) is 0 Å². The Hall–Kier alpha value is -4.25. The third-order valence-electron chi connectivity index (χ3n) is 6.82. The molecule has 41 heavy (non-hydrogen) atoms. The Morgan fingerprint density at radius 1 is 0.927 bits per heavy atom. The van der Waals surface area contributed by atoms with Crippen LogP contribution in [0.15, 0.2) is 83.8 Å². The number of sulfonamides is 1. The van der Waals surface area contributed by atoms with E-state index in [1.54, 1.807) is 25.1 Å². The first-order valence-electron chi connectivity index (χ1n) is 13.5. The van der Waals surface area contributed by atoms with Crippen LogP contribution in [0.5, 0.6) is 0 Å². The van der Waals surface area contributed by atoms with Gasteiger partial charge in [-0.05, 0) is 56.5 Å². The van der Waals surface area contributed by atoms with Crippen LogP contribution < -0.4 is 9.62 Å². The first-order chi connectivity index (χ1) is 19.5. The molecule has 3 aromatic rings. The summed E-state index contributed by atoms with van der Waals surface area (Å²) >= 11 is 0. The standard InChI is InChI=1S/C30H36N4O6S/c1-5-23(4)31-30(36)28(6-2)32(20-24-14-12-22(3)13-15-24)29(35)21-33(25-16-18-26(19-17-25)34(37)38)41(39,40)27-10-8-7-9-11-27/h7-19,23,28H,5-6,20-21H2,1-4H3,(H,31,36). The maximum absolute atomic E-state index is 14.0. The number of nitrogens with one attached hydrogen (secondary N) is 1. The normalized spacial score (nSPS) is 12.7. The van der Waals surface area contributed by atoms with Crippen molar-refractivity contribution in [2.75, 3.05) is 10.8 Å². The van der Waals surface area contributed by atoms with Crippen molar-refractivity contribution in [3.8, 4) is 0 Å². The largest absolute Gasteiger partial charge is 0.352 e. The molecule has 0 radical (unpaired) electrons. The summed E-state index contributed by atoms with van der Waals surface area (Å²) in [4.78, 5) is 39.3. The number of hydrogen-bond acceptors (Lipinski definition) is 6. The number of carbonyl (C=O) groups excluding carboxylic acids is 2. The summed E-state index contributed by atoms with van der Waals surface area (Å²) in [6.45, 7) is 7.03. The van der Waals surface area contributed by atoms with Crippen molar-refractivity contribution < 1.29 is 22.9 Å².